The molecule has 0 unspecified atom stereocenters. The van der Waals surface area contributed by atoms with Crippen molar-refractivity contribution >= 4 is 10.8 Å². The van der Waals surface area contributed by atoms with Crippen molar-refractivity contribution in [3.05, 3.63) is 114 Å². The van der Waals surface area contributed by atoms with Gasteiger partial charge in [-0.1, -0.05) is 66.5 Å². The van der Waals surface area contributed by atoms with Crippen molar-refractivity contribution in [2.45, 2.75) is 25.9 Å². The zero-order valence-electron chi connectivity index (χ0n) is 19.7. The number of aryl methyl sites for hydroxylation is 1. The number of benzene rings is 4. The van der Waals surface area contributed by atoms with Crippen LogP contribution in [-0.4, -0.2) is 12.8 Å². The number of hydrogen-bond donors (Lipinski definition) is 0. The molecule has 0 saturated heterocycles. The molecule has 0 amide bonds. The molecule has 0 atom stereocenters. The van der Waals surface area contributed by atoms with E-state index in [1.807, 2.05) is 25.1 Å². The van der Waals surface area contributed by atoms with Crippen LogP contribution in [0.4, 0.5) is 17.6 Å². The van der Waals surface area contributed by atoms with E-state index in [-0.39, 0.29) is 11.3 Å². The molecule has 5 heteroatoms. The number of alkyl halides is 3. The Labute approximate surface area is 208 Å². The van der Waals surface area contributed by atoms with Gasteiger partial charge in [0, 0.05) is 10.9 Å². The van der Waals surface area contributed by atoms with Crippen molar-refractivity contribution in [3.8, 4) is 28.7 Å². The average molecular weight is 489 g/mol. The van der Waals surface area contributed by atoms with Crippen molar-refractivity contribution in [2.75, 3.05) is 6.61 Å². The molecule has 0 radical (unpaired) electrons. The molecule has 0 heterocycles. The fourth-order valence-corrected chi connectivity index (χ4v) is 3.79. The van der Waals surface area contributed by atoms with Gasteiger partial charge in [0.25, 0.3) is 0 Å². The van der Waals surface area contributed by atoms with Crippen LogP contribution >= 0.6 is 0 Å². The van der Waals surface area contributed by atoms with Gasteiger partial charge in [-0.3, -0.25) is 0 Å². The van der Waals surface area contributed by atoms with Crippen LogP contribution < -0.4 is 4.74 Å². The molecule has 0 spiro atoms. The molecule has 0 aliphatic carbocycles. The molecular weight excluding hydrogens is 464 g/mol. The van der Waals surface area contributed by atoms with Crippen LogP contribution in [0.3, 0.4) is 0 Å². The number of fused-ring (bicyclic) bond motifs is 1. The van der Waals surface area contributed by atoms with Crippen LogP contribution in [0, 0.1) is 17.7 Å². The van der Waals surface area contributed by atoms with Gasteiger partial charge in [0.15, 0.2) is 6.61 Å². The average Bonchev–Trinajstić information content (AvgIpc) is 2.88. The van der Waals surface area contributed by atoms with Gasteiger partial charge in [0.1, 0.15) is 11.6 Å². The number of hydrogen-bond acceptors (Lipinski definition) is 1. The Bertz CT molecular complexity index is 1420. The molecule has 0 fully saturated rings. The van der Waals surface area contributed by atoms with E-state index in [0.29, 0.717) is 10.9 Å². The van der Waals surface area contributed by atoms with Gasteiger partial charge in [0.05, 0.1) is 5.56 Å². The highest BCUT2D eigenvalue weighted by Gasteiger charge is 2.28. The van der Waals surface area contributed by atoms with Gasteiger partial charge < -0.3 is 4.74 Å². The summed E-state index contributed by atoms with van der Waals surface area (Å²) in [6.07, 6.45) is 1.81. The minimum atomic E-state index is -4.40. The first-order valence-electron chi connectivity index (χ1n) is 11.6. The highest BCUT2D eigenvalue weighted by Crippen LogP contribution is 2.28. The first-order valence-corrected chi connectivity index (χ1v) is 11.6. The fraction of sp³-hybridized carbons (Fsp3) is 0.161. The van der Waals surface area contributed by atoms with Crippen molar-refractivity contribution in [1.82, 2.24) is 0 Å². The standard InChI is InChI=1S/C31H24F4O/c1-2-3-4-5-22-6-11-24(12-7-22)26-16-19-29-27(20-26)15-14-25(30(29)32)13-8-23-9-17-28(18-10-23)36-21-31(33,34)35/h2-3,6-7,9-12,14-20H,4-5,21H2,1H3/b3-2+. The third-order valence-corrected chi connectivity index (χ3v) is 5.68. The Balaban J connectivity index is 1.50. The number of halogens is 4. The summed E-state index contributed by atoms with van der Waals surface area (Å²) < 4.78 is 56.6. The first kappa shape index (κ1) is 25.1. The van der Waals surface area contributed by atoms with Crippen molar-refractivity contribution < 1.29 is 22.3 Å². The van der Waals surface area contributed by atoms with Gasteiger partial charge in [-0.2, -0.15) is 13.2 Å². The molecule has 0 aliphatic rings. The highest BCUT2D eigenvalue weighted by molar-refractivity contribution is 5.89. The molecule has 182 valence electrons. The smallest absolute Gasteiger partial charge is 0.422 e. The summed E-state index contributed by atoms with van der Waals surface area (Å²) in [6, 6.07) is 23.4. The molecule has 36 heavy (non-hydrogen) atoms. The minimum Gasteiger partial charge on any atom is -0.484 e. The van der Waals surface area contributed by atoms with E-state index < -0.39 is 18.6 Å². The van der Waals surface area contributed by atoms with E-state index >= 15 is 4.39 Å². The summed E-state index contributed by atoms with van der Waals surface area (Å²) in [4.78, 5) is 0. The highest BCUT2D eigenvalue weighted by atomic mass is 19.4. The lowest BCUT2D eigenvalue weighted by Crippen LogP contribution is -2.19. The number of rotatable bonds is 6. The maximum Gasteiger partial charge on any atom is 0.422 e. The second kappa shape index (κ2) is 11.1. The maximum absolute atomic E-state index is 15.1. The van der Waals surface area contributed by atoms with Crippen LogP contribution in [0.5, 0.6) is 5.75 Å². The third kappa shape index (κ3) is 6.55. The second-order valence-electron chi connectivity index (χ2n) is 8.35. The van der Waals surface area contributed by atoms with Gasteiger partial charge in [-0.25, -0.2) is 4.39 Å². The molecular formula is C31H24F4O. The van der Waals surface area contributed by atoms with Crippen LogP contribution in [0.25, 0.3) is 21.9 Å². The quantitative estimate of drug-likeness (QED) is 0.150. The second-order valence-corrected chi connectivity index (χ2v) is 8.35. The molecule has 4 rings (SSSR count). The first-order chi connectivity index (χ1) is 17.3. The van der Waals surface area contributed by atoms with Crippen LogP contribution in [0.1, 0.15) is 30.0 Å². The van der Waals surface area contributed by atoms with Crippen molar-refractivity contribution in [3.63, 3.8) is 0 Å². The zero-order valence-corrected chi connectivity index (χ0v) is 19.7. The van der Waals surface area contributed by atoms with Crippen LogP contribution in [0.2, 0.25) is 0 Å². The summed E-state index contributed by atoms with van der Waals surface area (Å²) in [5, 5.41) is 1.25. The predicted octanol–water partition coefficient (Wildman–Crippen LogP) is 8.50. The zero-order chi connectivity index (χ0) is 25.5. The van der Waals surface area contributed by atoms with E-state index in [2.05, 4.69) is 53.0 Å². The summed E-state index contributed by atoms with van der Waals surface area (Å²) in [5.41, 5.74) is 4.14. The summed E-state index contributed by atoms with van der Waals surface area (Å²) in [7, 11) is 0. The van der Waals surface area contributed by atoms with Gasteiger partial charge in [0.2, 0.25) is 0 Å². The van der Waals surface area contributed by atoms with Crippen molar-refractivity contribution in [2.24, 2.45) is 0 Å². The van der Waals surface area contributed by atoms with Crippen LogP contribution in [-0.2, 0) is 6.42 Å². The minimum absolute atomic E-state index is 0.0915. The predicted molar refractivity (Wildman–Crippen MR) is 136 cm³/mol. The molecule has 4 aromatic carbocycles. The van der Waals surface area contributed by atoms with Gasteiger partial charge in [-0.15, -0.1) is 0 Å². The van der Waals surface area contributed by atoms with Crippen molar-refractivity contribution in [1.29, 1.82) is 0 Å². The maximum atomic E-state index is 15.1. The fourth-order valence-electron chi connectivity index (χ4n) is 3.79. The monoisotopic (exact) mass is 488 g/mol. The Hall–Kier alpha value is -4.04. The molecule has 0 saturated carbocycles. The molecule has 4 aromatic rings. The van der Waals surface area contributed by atoms with Gasteiger partial charge >= 0.3 is 6.18 Å². The summed E-state index contributed by atoms with van der Waals surface area (Å²) in [5.74, 6) is 5.36. The lowest BCUT2D eigenvalue weighted by Gasteiger charge is -2.08. The topological polar surface area (TPSA) is 9.23 Å². The van der Waals surface area contributed by atoms with Gasteiger partial charge in [-0.05, 0) is 78.2 Å². The number of allylic oxidation sites excluding steroid dienone is 2. The molecule has 0 aromatic heterocycles. The summed E-state index contributed by atoms with van der Waals surface area (Å²) >= 11 is 0. The Morgan fingerprint density at radius 2 is 1.56 bits per heavy atom. The SMILES string of the molecule is C/C=C/CCc1ccc(-c2ccc3c(F)c(C#Cc4ccc(OCC(F)(F)F)cc4)ccc3c2)cc1. The Morgan fingerprint density at radius 3 is 2.25 bits per heavy atom. The largest absolute Gasteiger partial charge is 0.484 e. The normalized spacial score (nSPS) is 11.5. The van der Waals surface area contributed by atoms with E-state index in [0.717, 1.165) is 29.4 Å². The third-order valence-electron chi connectivity index (χ3n) is 5.68. The lowest BCUT2D eigenvalue weighted by molar-refractivity contribution is -0.153. The molecule has 0 aliphatic heterocycles. The summed E-state index contributed by atoms with van der Waals surface area (Å²) in [6.45, 7) is 0.660. The van der Waals surface area contributed by atoms with E-state index in [1.165, 1.54) is 29.8 Å². The lowest BCUT2D eigenvalue weighted by atomic mass is 9.98. The Morgan fingerprint density at radius 1 is 0.833 bits per heavy atom. The van der Waals surface area contributed by atoms with E-state index in [1.54, 1.807) is 12.1 Å². The molecule has 1 nitrogen and oxygen atoms in total. The molecule has 0 N–H and O–H groups in total. The van der Waals surface area contributed by atoms with E-state index in [4.69, 9.17) is 0 Å². The van der Waals surface area contributed by atoms with E-state index in [9.17, 15) is 13.2 Å². The number of ether oxygens (including phenoxy) is 1. The Kier molecular flexibility index (Phi) is 7.75. The van der Waals surface area contributed by atoms with Crippen LogP contribution in [0.15, 0.2) is 91.0 Å². The molecule has 0 bridgehead atoms.